The molecule has 2 atom stereocenters. The van der Waals surface area contributed by atoms with E-state index in [4.69, 9.17) is 21.6 Å². The minimum atomic E-state index is -1.18. The van der Waals surface area contributed by atoms with E-state index < -0.39 is 5.97 Å². The molecule has 198 valence electrons. The van der Waals surface area contributed by atoms with Gasteiger partial charge in [0.1, 0.15) is 11.2 Å². The largest absolute Gasteiger partial charge is 0.476 e. The number of aromatic carboxylic acids is 1. The fraction of sp³-hybridized carbons (Fsp3) is 0.276. The molecule has 1 saturated heterocycles. The van der Waals surface area contributed by atoms with Gasteiger partial charge in [-0.05, 0) is 56.7 Å². The third-order valence-electron chi connectivity index (χ3n) is 6.95. The van der Waals surface area contributed by atoms with Crippen LogP contribution in [0.4, 0.5) is 17.2 Å². The van der Waals surface area contributed by atoms with E-state index in [0.717, 1.165) is 24.2 Å². The quantitative estimate of drug-likeness (QED) is 0.307. The number of pyridine rings is 1. The molecule has 2 aromatic carbocycles. The Bertz CT molecular complexity index is 1590. The van der Waals surface area contributed by atoms with Crippen molar-refractivity contribution >= 4 is 45.8 Å². The number of halogens is 1. The smallest absolute Gasteiger partial charge is 0.356 e. The first kappa shape index (κ1) is 26.2. The Morgan fingerprint density at radius 3 is 2.62 bits per heavy atom. The number of fused-ring (bicyclic) bond motifs is 1. The highest BCUT2D eigenvalue weighted by Gasteiger charge is 2.28. The predicted octanol–water partition coefficient (Wildman–Crippen LogP) is 5.44. The van der Waals surface area contributed by atoms with Gasteiger partial charge in [-0.15, -0.1) is 0 Å². The molecule has 2 N–H and O–H groups in total. The summed E-state index contributed by atoms with van der Waals surface area (Å²) in [7, 11) is 0. The second kappa shape index (κ2) is 10.8. The lowest BCUT2D eigenvalue weighted by Crippen LogP contribution is -2.52. The van der Waals surface area contributed by atoms with Crippen LogP contribution >= 0.6 is 11.6 Å². The van der Waals surface area contributed by atoms with Crippen molar-refractivity contribution in [3.05, 3.63) is 82.3 Å². The van der Waals surface area contributed by atoms with Crippen molar-refractivity contribution in [1.82, 2.24) is 15.0 Å². The standard InChI is InChI=1S/C29H28ClN7O2/c1-17-13-21(19(3)32-22-9-10-25(30)34-27(22)29(38)39)26-23(14-17)33-24(15-31)28(35-26)37-12-11-36(16-18(37)2)20-7-5-4-6-8-20/h4-10,13-14,18-19,32H,11-12,16H2,1-3H3,(H,38,39)/t18?,19-/m1/s1. The van der Waals surface area contributed by atoms with E-state index in [1.807, 2.05) is 44.2 Å². The Morgan fingerprint density at radius 2 is 1.92 bits per heavy atom. The fourth-order valence-corrected chi connectivity index (χ4v) is 5.25. The van der Waals surface area contributed by atoms with Gasteiger partial charge >= 0.3 is 5.97 Å². The van der Waals surface area contributed by atoms with E-state index in [1.165, 1.54) is 5.69 Å². The Hall–Kier alpha value is -4.42. The number of aromatic nitrogens is 3. The summed E-state index contributed by atoms with van der Waals surface area (Å²) in [6.07, 6.45) is 0. The van der Waals surface area contributed by atoms with Gasteiger partial charge in [0.05, 0.1) is 22.8 Å². The number of nitrogens with one attached hydrogen (secondary N) is 1. The number of piperazine rings is 1. The zero-order valence-corrected chi connectivity index (χ0v) is 22.6. The van der Waals surface area contributed by atoms with Gasteiger partial charge in [0, 0.05) is 36.9 Å². The van der Waals surface area contributed by atoms with Crippen LogP contribution in [0.3, 0.4) is 0 Å². The molecule has 1 fully saturated rings. The van der Waals surface area contributed by atoms with Crippen molar-refractivity contribution in [3.8, 4) is 6.07 Å². The number of aryl methyl sites for hydroxylation is 1. The van der Waals surface area contributed by atoms with E-state index in [0.29, 0.717) is 29.1 Å². The Labute approximate surface area is 231 Å². The average molecular weight is 542 g/mol. The van der Waals surface area contributed by atoms with Gasteiger partial charge in [-0.2, -0.15) is 5.26 Å². The molecular weight excluding hydrogens is 514 g/mol. The molecule has 0 aliphatic carbocycles. The van der Waals surface area contributed by atoms with Gasteiger partial charge in [-0.3, -0.25) is 0 Å². The number of anilines is 3. The number of para-hydroxylation sites is 1. The number of rotatable bonds is 6. The molecule has 5 rings (SSSR count). The molecule has 0 bridgehead atoms. The maximum absolute atomic E-state index is 11.8. The molecule has 2 aromatic heterocycles. The Morgan fingerprint density at radius 1 is 1.15 bits per heavy atom. The minimum absolute atomic E-state index is 0.0977. The summed E-state index contributed by atoms with van der Waals surface area (Å²) in [5, 5.41) is 23.0. The zero-order valence-electron chi connectivity index (χ0n) is 21.9. The number of carboxylic acids is 1. The lowest BCUT2D eigenvalue weighted by molar-refractivity contribution is 0.0691. The number of carbonyl (C=O) groups is 1. The van der Waals surface area contributed by atoms with Gasteiger partial charge in [-0.1, -0.05) is 35.9 Å². The van der Waals surface area contributed by atoms with Crippen molar-refractivity contribution in [2.24, 2.45) is 0 Å². The molecule has 1 aliphatic heterocycles. The summed E-state index contributed by atoms with van der Waals surface area (Å²) in [5.74, 6) is -0.618. The molecule has 0 saturated carbocycles. The summed E-state index contributed by atoms with van der Waals surface area (Å²) < 4.78 is 0. The highest BCUT2D eigenvalue weighted by molar-refractivity contribution is 6.29. The van der Waals surface area contributed by atoms with Crippen molar-refractivity contribution in [1.29, 1.82) is 5.26 Å². The minimum Gasteiger partial charge on any atom is -0.476 e. The lowest BCUT2D eigenvalue weighted by atomic mass is 10.0. The van der Waals surface area contributed by atoms with E-state index in [9.17, 15) is 15.2 Å². The maximum atomic E-state index is 11.8. The molecule has 39 heavy (non-hydrogen) atoms. The molecule has 0 spiro atoms. The van der Waals surface area contributed by atoms with E-state index in [-0.39, 0.29) is 28.6 Å². The topological polar surface area (TPSA) is 118 Å². The lowest BCUT2D eigenvalue weighted by Gasteiger charge is -2.41. The average Bonchev–Trinajstić information content (AvgIpc) is 2.93. The molecular formula is C29H28ClN7O2. The highest BCUT2D eigenvalue weighted by atomic mass is 35.5. The van der Waals surface area contributed by atoms with Crippen molar-refractivity contribution in [2.75, 3.05) is 34.8 Å². The molecule has 10 heteroatoms. The van der Waals surface area contributed by atoms with E-state index in [1.54, 1.807) is 12.1 Å². The number of hydrogen-bond donors (Lipinski definition) is 2. The van der Waals surface area contributed by atoms with Crippen LogP contribution in [0.15, 0.2) is 54.6 Å². The van der Waals surface area contributed by atoms with E-state index in [2.05, 4.69) is 45.2 Å². The van der Waals surface area contributed by atoms with Gasteiger partial charge in [0.25, 0.3) is 0 Å². The van der Waals surface area contributed by atoms with Gasteiger partial charge < -0.3 is 20.2 Å². The Balaban J connectivity index is 1.52. The molecule has 3 heterocycles. The number of carboxylic acid groups (broad SMARTS) is 1. The molecule has 4 aromatic rings. The first-order chi connectivity index (χ1) is 18.7. The fourth-order valence-electron chi connectivity index (χ4n) is 5.10. The van der Waals surface area contributed by atoms with Crippen LogP contribution in [0.25, 0.3) is 11.0 Å². The first-order valence-corrected chi connectivity index (χ1v) is 13.1. The van der Waals surface area contributed by atoms with Crippen LogP contribution in [-0.2, 0) is 0 Å². The summed E-state index contributed by atoms with van der Waals surface area (Å²) >= 11 is 5.93. The number of nitriles is 1. The molecule has 1 aliphatic rings. The number of nitrogens with zero attached hydrogens (tertiary/aromatic N) is 6. The SMILES string of the molecule is Cc1cc([C@@H](C)Nc2ccc(Cl)nc2C(=O)O)c2nc(N3CCN(c4ccccc4)CC3C)c(C#N)nc2c1. The van der Waals surface area contributed by atoms with Crippen LogP contribution in [0.2, 0.25) is 5.15 Å². The normalized spacial score (nSPS) is 16.1. The molecule has 0 amide bonds. The van der Waals surface area contributed by atoms with Gasteiger partial charge in [-0.25, -0.2) is 19.7 Å². The van der Waals surface area contributed by atoms with Crippen molar-refractivity contribution < 1.29 is 9.90 Å². The van der Waals surface area contributed by atoms with Crippen molar-refractivity contribution in [2.45, 2.75) is 32.9 Å². The van der Waals surface area contributed by atoms with Gasteiger partial charge in [0.2, 0.25) is 0 Å². The second-order valence-electron chi connectivity index (χ2n) is 9.75. The van der Waals surface area contributed by atoms with Crippen LogP contribution in [0.1, 0.15) is 47.2 Å². The Kier molecular flexibility index (Phi) is 7.22. The zero-order chi connectivity index (χ0) is 27.7. The highest BCUT2D eigenvalue weighted by Crippen LogP contribution is 2.32. The van der Waals surface area contributed by atoms with Crippen LogP contribution in [-0.4, -0.2) is 51.7 Å². The van der Waals surface area contributed by atoms with Crippen LogP contribution < -0.4 is 15.1 Å². The maximum Gasteiger partial charge on any atom is 0.356 e. The molecule has 1 unspecified atom stereocenters. The van der Waals surface area contributed by atoms with Crippen LogP contribution in [0, 0.1) is 18.3 Å². The monoisotopic (exact) mass is 541 g/mol. The van der Waals surface area contributed by atoms with Crippen LogP contribution in [0.5, 0.6) is 0 Å². The molecule has 0 radical (unpaired) electrons. The third kappa shape index (κ3) is 5.29. The second-order valence-corrected chi connectivity index (χ2v) is 10.1. The van der Waals surface area contributed by atoms with Gasteiger partial charge in [0.15, 0.2) is 17.2 Å². The van der Waals surface area contributed by atoms with Crippen molar-refractivity contribution in [3.63, 3.8) is 0 Å². The van der Waals surface area contributed by atoms with E-state index >= 15 is 0 Å². The predicted molar refractivity (Wildman–Crippen MR) is 153 cm³/mol. The number of hydrogen-bond acceptors (Lipinski definition) is 8. The molecule has 9 nitrogen and oxygen atoms in total. The number of benzene rings is 2. The third-order valence-corrected chi connectivity index (χ3v) is 7.17. The summed E-state index contributed by atoms with van der Waals surface area (Å²) in [6.45, 7) is 8.28. The first-order valence-electron chi connectivity index (χ1n) is 12.7. The summed E-state index contributed by atoms with van der Waals surface area (Å²) in [5.41, 5.74) is 4.71. The summed E-state index contributed by atoms with van der Waals surface area (Å²) in [6, 6.07) is 19.4. The summed E-state index contributed by atoms with van der Waals surface area (Å²) in [4.78, 5) is 30.0.